The van der Waals surface area contributed by atoms with Gasteiger partial charge in [-0.1, -0.05) is 50.1 Å². The molecule has 0 spiro atoms. The van der Waals surface area contributed by atoms with Crippen LogP contribution in [-0.2, 0) is 6.42 Å². The Hall–Kier alpha value is -2.03. The van der Waals surface area contributed by atoms with Crippen molar-refractivity contribution in [2.24, 2.45) is 5.92 Å². The Morgan fingerprint density at radius 3 is 2.43 bits per heavy atom. The Morgan fingerprint density at radius 1 is 0.893 bits per heavy atom. The van der Waals surface area contributed by atoms with Gasteiger partial charge < -0.3 is 0 Å². The summed E-state index contributed by atoms with van der Waals surface area (Å²) in [7, 11) is 0. The lowest BCUT2D eigenvalue weighted by Gasteiger charge is -2.29. The summed E-state index contributed by atoms with van der Waals surface area (Å²) in [5, 5.41) is 0. The summed E-state index contributed by atoms with van der Waals surface area (Å²) in [6.07, 6.45) is 9.35. The average Bonchev–Trinajstić information content (AvgIpc) is 2.71. The fourth-order valence-corrected chi connectivity index (χ4v) is 5.00. The van der Waals surface area contributed by atoms with Crippen molar-refractivity contribution in [3.8, 4) is 0 Å². The Bertz CT molecular complexity index is 889. The second-order valence-electron chi connectivity index (χ2n) is 8.31. The van der Waals surface area contributed by atoms with Gasteiger partial charge in [-0.05, 0) is 78.7 Å². The third-order valence-electron chi connectivity index (χ3n) is 6.57. The Balaban J connectivity index is 1.59. The monoisotopic (exact) mass is 384 g/mol. The highest BCUT2D eigenvalue weighted by molar-refractivity contribution is 5.84. The van der Waals surface area contributed by atoms with Crippen molar-refractivity contribution in [1.82, 2.24) is 0 Å². The van der Waals surface area contributed by atoms with E-state index in [1.807, 2.05) is 6.07 Å². The predicted molar refractivity (Wildman–Crippen MR) is 109 cm³/mol. The molecule has 1 fully saturated rings. The van der Waals surface area contributed by atoms with Gasteiger partial charge in [0.1, 0.15) is 5.82 Å². The first kappa shape index (κ1) is 19.3. The van der Waals surface area contributed by atoms with Gasteiger partial charge in [0.2, 0.25) is 0 Å². The SMILES string of the molecule is CCCC1CCC(c2ccc(C3=Cc4cccc(F)c4CC3)c(F)c2F)CC1. The summed E-state index contributed by atoms with van der Waals surface area (Å²) < 4.78 is 43.8. The number of fused-ring (bicyclic) bond motifs is 1. The molecule has 0 amide bonds. The quantitative estimate of drug-likeness (QED) is 0.507. The van der Waals surface area contributed by atoms with E-state index in [-0.39, 0.29) is 11.7 Å². The van der Waals surface area contributed by atoms with Gasteiger partial charge in [0, 0.05) is 5.56 Å². The molecule has 2 aliphatic rings. The summed E-state index contributed by atoms with van der Waals surface area (Å²) in [5.41, 5.74) is 3.01. The molecular weight excluding hydrogens is 357 g/mol. The van der Waals surface area contributed by atoms with Crippen LogP contribution >= 0.6 is 0 Å². The topological polar surface area (TPSA) is 0 Å². The number of rotatable bonds is 4. The minimum atomic E-state index is -0.751. The number of benzene rings is 2. The Morgan fingerprint density at radius 2 is 1.68 bits per heavy atom. The maximum absolute atomic E-state index is 15.0. The van der Waals surface area contributed by atoms with Gasteiger partial charge in [0.05, 0.1) is 0 Å². The van der Waals surface area contributed by atoms with Crippen LogP contribution in [-0.4, -0.2) is 0 Å². The van der Waals surface area contributed by atoms with Crippen LogP contribution in [0.25, 0.3) is 11.6 Å². The average molecular weight is 384 g/mol. The molecule has 3 heteroatoms. The minimum Gasteiger partial charge on any atom is -0.207 e. The van der Waals surface area contributed by atoms with Crippen molar-refractivity contribution < 1.29 is 13.2 Å². The predicted octanol–water partition coefficient (Wildman–Crippen LogP) is 7.66. The van der Waals surface area contributed by atoms with Crippen LogP contribution < -0.4 is 0 Å². The number of hydrogen-bond donors (Lipinski definition) is 0. The molecule has 0 saturated heterocycles. The summed E-state index contributed by atoms with van der Waals surface area (Å²) in [6, 6.07) is 8.43. The molecular formula is C25H27F3. The minimum absolute atomic E-state index is 0.117. The Kier molecular flexibility index (Phi) is 5.61. The van der Waals surface area contributed by atoms with Crippen LogP contribution in [0, 0.1) is 23.4 Å². The van der Waals surface area contributed by atoms with Crippen LogP contribution in [0.5, 0.6) is 0 Å². The summed E-state index contributed by atoms with van der Waals surface area (Å²) in [4.78, 5) is 0. The molecule has 0 N–H and O–H groups in total. The molecule has 2 aliphatic carbocycles. The van der Waals surface area contributed by atoms with Crippen molar-refractivity contribution >= 4 is 11.6 Å². The first-order valence-electron chi connectivity index (χ1n) is 10.5. The summed E-state index contributed by atoms with van der Waals surface area (Å²) in [6.45, 7) is 2.20. The maximum atomic E-state index is 15.0. The Labute approximate surface area is 165 Å². The number of halogens is 3. The number of allylic oxidation sites excluding steroid dienone is 1. The van der Waals surface area contributed by atoms with E-state index in [9.17, 15) is 13.2 Å². The lowest BCUT2D eigenvalue weighted by Crippen LogP contribution is -2.15. The van der Waals surface area contributed by atoms with Crippen LogP contribution in [0.2, 0.25) is 0 Å². The zero-order valence-corrected chi connectivity index (χ0v) is 16.4. The third kappa shape index (κ3) is 3.64. The molecule has 2 aromatic carbocycles. The normalized spacial score (nSPS) is 21.9. The number of hydrogen-bond acceptors (Lipinski definition) is 0. The molecule has 1 saturated carbocycles. The maximum Gasteiger partial charge on any atom is 0.166 e. The highest BCUT2D eigenvalue weighted by Gasteiger charge is 2.27. The van der Waals surface area contributed by atoms with Crippen molar-refractivity contribution in [2.45, 2.75) is 64.2 Å². The van der Waals surface area contributed by atoms with E-state index in [4.69, 9.17) is 0 Å². The molecule has 0 nitrogen and oxygen atoms in total. The van der Waals surface area contributed by atoms with E-state index >= 15 is 0 Å². The first-order valence-corrected chi connectivity index (χ1v) is 10.5. The van der Waals surface area contributed by atoms with Crippen molar-refractivity contribution in [3.05, 3.63) is 70.0 Å². The lowest BCUT2D eigenvalue weighted by atomic mass is 9.76. The van der Waals surface area contributed by atoms with Gasteiger partial charge in [-0.25, -0.2) is 13.2 Å². The molecule has 4 rings (SSSR count). The third-order valence-corrected chi connectivity index (χ3v) is 6.57. The highest BCUT2D eigenvalue weighted by Crippen LogP contribution is 2.40. The van der Waals surface area contributed by atoms with Crippen molar-refractivity contribution in [2.75, 3.05) is 0 Å². The second-order valence-corrected chi connectivity index (χ2v) is 8.31. The fourth-order valence-electron chi connectivity index (χ4n) is 5.00. The molecule has 148 valence electrons. The van der Waals surface area contributed by atoms with Crippen LogP contribution in [0.3, 0.4) is 0 Å². The molecule has 0 atom stereocenters. The highest BCUT2D eigenvalue weighted by atomic mass is 19.2. The molecule has 0 aromatic heterocycles. The molecule has 0 radical (unpaired) electrons. The van der Waals surface area contributed by atoms with Gasteiger partial charge in [-0.3, -0.25) is 0 Å². The standard InChI is InChI=1S/C25H27F3/c1-2-4-16-7-9-17(10-8-16)21-13-14-22(25(28)24(21)27)19-11-12-20-18(15-19)5-3-6-23(20)26/h3,5-6,13-17H,2,4,7-12H2,1H3. The molecule has 28 heavy (non-hydrogen) atoms. The van der Waals surface area contributed by atoms with Crippen LogP contribution in [0.4, 0.5) is 13.2 Å². The summed E-state index contributed by atoms with van der Waals surface area (Å²) >= 11 is 0. The largest absolute Gasteiger partial charge is 0.207 e. The van der Waals surface area contributed by atoms with E-state index in [1.165, 1.54) is 18.9 Å². The van der Waals surface area contributed by atoms with E-state index in [1.54, 1.807) is 24.3 Å². The van der Waals surface area contributed by atoms with Gasteiger partial charge in [0.15, 0.2) is 11.6 Å². The summed E-state index contributed by atoms with van der Waals surface area (Å²) in [5.74, 6) is -0.816. The van der Waals surface area contributed by atoms with Gasteiger partial charge in [-0.15, -0.1) is 0 Å². The van der Waals surface area contributed by atoms with E-state index < -0.39 is 11.6 Å². The van der Waals surface area contributed by atoms with Crippen LogP contribution in [0.1, 0.15) is 80.0 Å². The van der Waals surface area contributed by atoms with Crippen molar-refractivity contribution in [3.63, 3.8) is 0 Å². The van der Waals surface area contributed by atoms with Crippen molar-refractivity contribution in [1.29, 1.82) is 0 Å². The van der Waals surface area contributed by atoms with Gasteiger partial charge in [0.25, 0.3) is 0 Å². The smallest absolute Gasteiger partial charge is 0.166 e. The van der Waals surface area contributed by atoms with Gasteiger partial charge in [-0.2, -0.15) is 0 Å². The molecule has 0 heterocycles. The molecule has 0 aliphatic heterocycles. The molecule has 0 bridgehead atoms. The fraction of sp³-hybridized carbons (Fsp3) is 0.440. The zero-order valence-electron chi connectivity index (χ0n) is 16.4. The van der Waals surface area contributed by atoms with Crippen LogP contribution in [0.15, 0.2) is 30.3 Å². The lowest BCUT2D eigenvalue weighted by molar-refractivity contribution is 0.303. The second kappa shape index (κ2) is 8.14. The van der Waals surface area contributed by atoms with Gasteiger partial charge >= 0.3 is 0 Å². The van der Waals surface area contributed by atoms with E-state index in [0.717, 1.165) is 42.7 Å². The molecule has 2 aromatic rings. The first-order chi connectivity index (χ1) is 13.6. The zero-order chi connectivity index (χ0) is 19.7. The van der Waals surface area contributed by atoms with E-state index in [2.05, 4.69) is 6.92 Å². The molecule has 0 unspecified atom stereocenters. The van der Waals surface area contributed by atoms with E-state index in [0.29, 0.717) is 29.5 Å².